The zero-order chi connectivity index (χ0) is 14.6. The van der Waals surface area contributed by atoms with Crippen LogP contribution in [0.25, 0.3) is 0 Å². The van der Waals surface area contributed by atoms with E-state index in [9.17, 15) is 0 Å². The molecule has 0 aromatic heterocycles. The van der Waals surface area contributed by atoms with Crippen LogP contribution in [0.5, 0.6) is 0 Å². The first-order chi connectivity index (χ1) is 9.05. The van der Waals surface area contributed by atoms with E-state index in [-0.39, 0.29) is 5.60 Å². The minimum Gasteiger partial charge on any atom is -0.373 e. The minimum atomic E-state index is 0.0768. The van der Waals surface area contributed by atoms with E-state index >= 15 is 0 Å². The van der Waals surface area contributed by atoms with Gasteiger partial charge in [0.1, 0.15) is 0 Å². The number of nitrogens with zero attached hydrogens (tertiary/aromatic N) is 1. The summed E-state index contributed by atoms with van der Waals surface area (Å²) < 4.78 is 5.60. The van der Waals surface area contributed by atoms with Gasteiger partial charge in [-0.05, 0) is 26.8 Å². The van der Waals surface area contributed by atoms with E-state index in [1.807, 2.05) is 0 Å². The summed E-state index contributed by atoms with van der Waals surface area (Å²) in [7, 11) is 0. The Hall–Kier alpha value is -0.0800. The lowest BCUT2D eigenvalue weighted by Crippen LogP contribution is -2.48. The van der Waals surface area contributed by atoms with Crippen LogP contribution < -0.4 is 0 Å². The molecule has 1 fully saturated rings. The van der Waals surface area contributed by atoms with Crippen LogP contribution in [-0.2, 0) is 4.74 Å². The number of ether oxygens (including phenoxy) is 1. The maximum Gasteiger partial charge on any atom is 0.0753 e. The van der Waals surface area contributed by atoms with Crippen LogP contribution in [0.15, 0.2) is 0 Å². The van der Waals surface area contributed by atoms with Gasteiger partial charge < -0.3 is 4.74 Å². The molecule has 0 radical (unpaired) electrons. The fraction of sp³-hybridized carbons (Fsp3) is 1.00. The van der Waals surface area contributed by atoms with Crippen molar-refractivity contribution in [1.29, 1.82) is 0 Å². The van der Waals surface area contributed by atoms with Gasteiger partial charge in [-0.2, -0.15) is 0 Å². The summed E-state index contributed by atoms with van der Waals surface area (Å²) in [6.07, 6.45) is 9.73. The van der Waals surface area contributed by atoms with Crippen molar-refractivity contribution in [3.63, 3.8) is 0 Å². The number of hydrogen-bond acceptors (Lipinski definition) is 2. The predicted octanol–water partition coefficient (Wildman–Crippen LogP) is 4.87. The zero-order valence-corrected chi connectivity index (χ0v) is 14.1. The van der Waals surface area contributed by atoms with Gasteiger partial charge in [-0.15, -0.1) is 0 Å². The lowest BCUT2D eigenvalue weighted by atomic mass is 10.1. The molecule has 1 saturated heterocycles. The molecule has 1 aliphatic heterocycles. The van der Waals surface area contributed by atoms with Gasteiger partial charge in [-0.3, -0.25) is 4.90 Å². The van der Waals surface area contributed by atoms with Gasteiger partial charge in [0, 0.05) is 13.1 Å². The molecular weight excluding hydrogens is 234 g/mol. The van der Waals surface area contributed by atoms with Gasteiger partial charge in [0.25, 0.3) is 0 Å². The number of unbranched alkanes of at least 4 members (excludes halogenated alkanes) is 5. The molecule has 19 heavy (non-hydrogen) atoms. The highest BCUT2D eigenvalue weighted by atomic mass is 16.5. The summed E-state index contributed by atoms with van der Waals surface area (Å²) in [5.74, 6) is 0. The third-order valence-electron chi connectivity index (χ3n) is 3.50. The first-order valence-electron chi connectivity index (χ1n) is 8.42. The van der Waals surface area contributed by atoms with Crippen molar-refractivity contribution < 1.29 is 4.74 Å². The molecular formula is C17H37NO. The van der Waals surface area contributed by atoms with Crippen molar-refractivity contribution in [3.8, 4) is 0 Å². The zero-order valence-electron chi connectivity index (χ0n) is 14.1. The molecule has 2 heteroatoms. The molecule has 0 aliphatic carbocycles. The maximum atomic E-state index is 5.60. The Kier molecular flexibility index (Phi) is 11.7. The van der Waals surface area contributed by atoms with Crippen LogP contribution in [0.2, 0.25) is 0 Å². The van der Waals surface area contributed by atoms with Crippen LogP contribution >= 0.6 is 0 Å². The SMILES string of the molecule is CCCCCCCC.CCCN1CCOC(C)(C)C1. The fourth-order valence-corrected chi connectivity index (χ4v) is 2.47. The molecule has 1 heterocycles. The highest BCUT2D eigenvalue weighted by Gasteiger charge is 2.26. The van der Waals surface area contributed by atoms with E-state index in [1.165, 1.54) is 51.5 Å². The second kappa shape index (κ2) is 11.7. The Morgan fingerprint density at radius 2 is 1.47 bits per heavy atom. The molecule has 116 valence electrons. The van der Waals surface area contributed by atoms with Crippen molar-refractivity contribution in [2.24, 2.45) is 0 Å². The van der Waals surface area contributed by atoms with Gasteiger partial charge in [-0.1, -0.05) is 59.3 Å². The molecule has 0 saturated carbocycles. The predicted molar refractivity (Wildman–Crippen MR) is 85.8 cm³/mol. The van der Waals surface area contributed by atoms with Crippen LogP contribution in [0.4, 0.5) is 0 Å². The van der Waals surface area contributed by atoms with E-state index in [2.05, 4.69) is 39.5 Å². The molecule has 1 aliphatic rings. The molecule has 2 nitrogen and oxygen atoms in total. The van der Waals surface area contributed by atoms with Crippen LogP contribution in [-0.4, -0.2) is 36.7 Å². The lowest BCUT2D eigenvalue weighted by molar-refractivity contribution is -0.0857. The summed E-state index contributed by atoms with van der Waals surface area (Å²) in [4.78, 5) is 2.48. The summed E-state index contributed by atoms with van der Waals surface area (Å²) >= 11 is 0. The highest BCUT2D eigenvalue weighted by Crippen LogP contribution is 2.16. The summed E-state index contributed by atoms with van der Waals surface area (Å²) in [5.41, 5.74) is 0.0768. The summed E-state index contributed by atoms with van der Waals surface area (Å²) in [5, 5.41) is 0. The molecule has 0 N–H and O–H groups in total. The maximum absolute atomic E-state index is 5.60. The van der Waals surface area contributed by atoms with Gasteiger partial charge in [0.15, 0.2) is 0 Å². The number of rotatable bonds is 7. The molecule has 0 aromatic carbocycles. The quantitative estimate of drug-likeness (QED) is 0.612. The van der Waals surface area contributed by atoms with Crippen LogP contribution in [0.3, 0.4) is 0 Å². The lowest BCUT2D eigenvalue weighted by Gasteiger charge is -2.37. The van der Waals surface area contributed by atoms with Crippen molar-refractivity contribution in [3.05, 3.63) is 0 Å². The van der Waals surface area contributed by atoms with Crippen molar-refractivity contribution >= 4 is 0 Å². The van der Waals surface area contributed by atoms with Gasteiger partial charge in [0.05, 0.1) is 12.2 Å². The Morgan fingerprint density at radius 3 is 1.89 bits per heavy atom. The van der Waals surface area contributed by atoms with Crippen molar-refractivity contribution in [2.75, 3.05) is 26.2 Å². The van der Waals surface area contributed by atoms with E-state index in [1.54, 1.807) is 0 Å². The first kappa shape index (κ1) is 18.9. The third-order valence-corrected chi connectivity index (χ3v) is 3.50. The summed E-state index contributed by atoms with van der Waals surface area (Å²) in [6.45, 7) is 15.4. The largest absolute Gasteiger partial charge is 0.373 e. The van der Waals surface area contributed by atoms with Crippen LogP contribution in [0.1, 0.15) is 79.6 Å². The Bertz CT molecular complexity index is 184. The number of hydrogen-bond donors (Lipinski definition) is 0. The van der Waals surface area contributed by atoms with Crippen LogP contribution in [0, 0.1) is 0 Å². The van der Waals surface area contributed by atoms with Crippen molar-refractivity contribution in [2.45, 2.75) is 85.2 Å². The smallest absolute Gasteiger partial charge is 0.0753 e. The van der Waals surface area contributed by atoms with E-state index in [0.29, 0.717) is 0 Å². The topological polar surface area (TPSA) is 12.5 Å². The monoisotopic (exact) mass is 271 g/mol. The Balaban J connectivity index is 0.000000362. The van der Waals surface area contributed by atoms with Gasteiger partial charge >= 0.3 is 0 Å². The Morgan fingerprint density at radius 1 is 0.895 bits per heavy atom. The fourth-order valence-electron chi connectivity index (χ4n) is 2.47. The standard InChI is InChI=1S/C9H19NO.C8H18/c1-4-5-10-6-7-11-9(2,3)8-10;1-3-5-7-8-6-4-2/h4-8H2,1-3H3;3-8H2,1-2H3. The molecule has 0 amide bonds. The molecule has 1 rings (SSSR count). The third kappa shape index (κ3) is 11.4. The molecule has 0 aromatic rings. The van der Waals surface area contributed by atoms with Gasteiger partial charge in [0.2, 0.25) is 0 Å². The second-order valence-electron chi connectivity index (χ2n) is 6.30. The van der Waals surface area contributed by atoms with Crippen molar-refractivity contribution in [1.82, 2.24) is 4.90 Å². The Labute approximate surface area is 121 Å². The van der Waals surface area contributed by atoms with E-state index in [4.69, 9.17) is 4.74 Å². The number of morpholine rings is 1. The van der Waals surface area contributed by atoms with Gasteiger partial charge in [-0.25, -0.2) is 0 Å². The minimum absolute atomic E-state index is 0.0768. The summed E-state index contributed by atoms with van der Waals surface area (Å²) in [6, 6.07) is 0. The molecule has 0 atom stereocenters. The average molecular weight is 271 g/mol. The average Bonchev–Trinajstić information content (AvgIpc) is 2.35. The molecule has 0 bridgehead atoms. The molecule has 0 spiro atoms. The van der Waals surface area contributed by atoms with E-state index in [0.717, 1.165) is 19.7 Å². The first-order valence-corrected chi connectivity index (χ1v) is 8.42. The van der Waals surface area contributed by atoms with E-state index < -0.39 is 0 Å². The molecule has 0 unspecified atom stereocenters. The highest BCUT2D eigenvalue weighted by molar-refractivity contribution is 4.78. The normalized spacial score (nSPS) is 18.8. The second-order valence-corrected chi connectivity index (χ2v) is 6.30.